The van der Waals surface area contributed by atoms with Gasteiger partial charge < -0.3 is 4.90 Å². The quantitative estimate of drug-likeness (QED) is 0.851. The van der Waals surface area contributed by atoms with Gasteiger partial charge in [-0.2, -0.15) is 18.4 Å². The van der Waals surface area contributed by atoms with E-state index < -0.39 is 23.7 Å². The average Bonchev–Trinajstić information content (AvgIpc) is 2.67. The van der Waals surface area contributed by atoms with E-state index in [1.54, 1.807) is 0 Å². The maximum Gasteiger partial charge on any atom is 0.417 e. The molecule has 1 aliphatic rings. The summed E-state index contributed by atoms with van der Waals surface area (Å²) in [6.45, 7) is 2.20. The van der Waals surface area contributed by atoms with E-state index in [0.717, 1.165) is 12.5 Å². The Morgan fingerprint density at radius 3 is 2.65 bits per heavy atom. The summed E-state index contributed by atoms with van der Waals surface area (Å²) in [6, 6.07) is 4.54. The molecule has 0 radical (unpaired) electrons. The van der Waals surface area contributed by atoms with E-state index in [-0.39, 0.29) is 11.1 Å². The Morgan fingerprint density at radius 1 is 1.40 bits per heavy atom. The number of halogens is 3. The number of carbonyl (C=O) groups is 1. The second-order valence-corrected chi connectivity index (χ2v) is 4.65. The number of carbonyl (C=O) groups excluding carboxylic acids is 1. The zero-order valence-electron chi connectivity index (χ0n) is 10.9. The Balaban J connectivity index is 2.52. The first kappa shape index (κ1) is 14.4. The van der Waals surface area contributed by atoms with Crippen LogP contribution in [0.5, 0.6) is 0 Å². The molecule has 0 saturated heterocycles. The Hall–Kier alpha value is -2.03. The molecular formula is C14H13F3N2O. The molecule has 3 nitrogen and oxygen atoms in total. The van der Waals surface area contributed by atoms with Crippen molar-refractivity contribution in [2.75, 3.05) is 6.54 Å². The summed E-state index contributed by atoms with van der Waals surface area (Å²) in [6.07, 6.45) is -3.15. The standard InChI is InChI=1S/C14H13F3N2O/c1-2-3-7-19-11(8-18)9-5-4-6-10(14(15,16)17)12(9)13(19)20/h4-6,11H,2-3,7H2,1H3. The second kappa shape index (κ2) is 5.16. The lowest BCUT2D eigenvalue weighted by atomic mass is 10.00. The van der Waals surface area contributed by atoms with Crippen molar-refractivity contribution in [3.05, 3.63) is 34.9 Å². The summed E-state index contributed by atoms with van der Waals surface area (Å²) >= 11 is 0. The number of benzene rings is 1. The predicted octanol–water partition coefficient (Wildman–Crippen LogP) is 3.53. The molecule has 20 heavy (non-hydrogen) atoms. The Morgan fingerprint density at radius 2 is 2.10 bits per heavy atom. The first-order valence-corrected chi connectivity index (χ1v) is 6.32. The van der Waals surface area contributed by atoms with Gasteiger partial charge >= 0.3 is 6.18 Å². The van der Waals surface area contributed by atoms with Crippen molar-refractivity contribution in [2.24, 2.45) is 0 Å². The van der Waals surface area contributed by atoms with E-state index >= 15 is 0 Å². The molecule has 1 amide bonds. The van der Waals surface area contributed by atoms with Crippen LogP contribution in [0.25, 0.3) is 0 Å². The summed E-state index contributed by atoms with van der Waals surface area (Å²) in [5.74, 6) is -0.701. The lowest BCUT2D eigenvalue weighted by Gasteiger charge is -2.19. The molecule has 1 unspecified atom stereocenters. The molecule has 1 heterocycles. The van der Waals surface area contributed by atoms with Crippen LogP contribution in [0.3, 0.4) is 0 Å². The molecule has 2 rings (SSSR count). The molecule has 0 bridgehead atoms. The van der Waals surface area contributed by atoms with Gasteiger partial charge in [-0.1, -0.05) is 25.5 Å². The summed E-state index contributed by atoms with van der Waals surface area (Å²) in [5.41, 5.74) is -1.18. The molecule has 0 aliphatic carbocycles. The molecule has 0 fully saturated rings. The Bertz CT molecular complexity index is 575. The van der Waals surface area contributed by atoms with Gasteiger partial charge in [0, 0.05) is 12.1 Å². The van der Waals surface area contributed by atoms with E-state index in [2.05, 4.69) is 0 Å². The molecule has 1 aliphatic heterocycles. The van der Waals surface area contributed by atoms with Gasteiger partial charge in [-0.25, -0.2) is 0 Å². The molecular weight excluding hydrogens is 269 g/mol. The first-order chi connectivity index (χ1) is 9.41. The van der Waals surface area contributed by atoms with Crippen molar-refractivity contribution < 1.29 is 18.0 Å². The van der Waals surface area contributed by atoms with Crippen LogP contribution in [-0.4, -0.2) is 17.4 Å². The van der Waals surface area contributed by atoms with Gasteiger partial charge in [-0.3, -0.25) is 4.79 Å². The fraction of sp³-hybridized carbons (Fsp3) is 0.429. The fourth-order valence-corrected chi connectivity index (χ4v) is 2.40. The monoisotopic (exact) mass is 282 g/mol. The summed E-state index contributed by atoms with van der Waals surface area (Å²) in [4.78, 5) is 13.4. The zero-order chi connectivity index (χ0) is 14.9. The number of fused-ring (bicyclic) bond motifs is 1. The number of nitriles is 1. The van der Waals surface area contributed by atoms with Crippen molar-refractivity contribution in [1.29, 1.82) is 5.26 Å². The highest BCUT2D eigenvalue weighted by Gasteiger charge is 2.44. The van der Waals surface area contributed by atoms with Gasteiger partial charge in [0.05, 0.1) is 17.2 Å². The summed E-state index contributed by atoms with van der Waals surface area (Å²) < 4.78 is 38.9. The topological polar surface area (TPSA) is 44.1 Å². The fourth-order valence-electron chi connectivity index (χ4n) is 2.40. The number of rotatable bonds is 3. The largest absolute Gasteiger partial charge is 0.417 e. The van der Waals surface area contributed by atoms with Crippen molar-refractivity contribution in [2.45, 2.75) is 32.0 Å². The minimum Gasteiger partial charge on any atom is -0.318 e. The normalized spacial score (nSPS) is 18.1. The molecule has 6 heteroatoms. The molecule has 1 atom stereocenters. The minimum atomic E-state index is -4.60. The summed E-state index contributed by atoms with van der Waals surface area (Å²) in [7, 11) is 0. The predicted molar refractivity (Wildman–Crippen MR) is 65.7 cm³/mol. The third kappa shape index (κ3) is 2.24. The van der Waals surface area contributed by atoms with Crippen LogP contribution >= 0.6 is 0 Å². The number of amides is 1. The number of hydrogen-bond acceptors (Lipinski definition) is 2. The highest BCUT2D eigenvalue weighted by molar-refractivity contribution is 6.01. The SMILES string of the molecule is CCCCN1C(=O)c2c(cccc2C(F)(F)F)C1C#N. The van der Waals surface area contributed by atoms with Crippen molar-refractivity contribution in [3.63, 3.8) is 0 Å². The van der Waals surface area contributed by atoms with Gasteiger partial charge in [-0.15, -0.1) is 0 Å². The van der Waals surface area contributed by atoms with Crippen molar-refractivity contribution in [3.8, 4) is 6.07 Å². The van der Waals surface area contributed by atoms with Gasteiger partial charge in [-0.05, 0) is 12.5 Å². The van der Waals surface area contributed by atoms with Crippen LogP contribution in [0, 0.1) is 11.3 Å². The second-order valence-electron chi connectivity index (χ2n) is 4.65. The highest BCUT2D eigenvalue weighted by Crippen LogP contribution is 2.41. The number of hydrogen-bond donors (Lipinski definition) is 0. The maximum atomic E-state index is 13.0. The first-order valence-electron chi connectivity index (χ1n) is 6.32. The summed E-state index contributed by atoms with van der Waals surface area (Å²) in [5, 5.41) is 9.17. The lowest BCUT2D eigenvalue weighted by molar-refractivity contribution is -0.137. The van der Waals surface area contributed by atoms with Crippen LogP contribution in [-0.2, 0) is 6.18 Å². The van der Waals surface area contributed by atoms with Crippen LogP contribution in [0.1, 0.15) is 47.3 Å². The van der Waals surface area contributed by atoms with Gasteiger partial charge in [0.1, 0.15) is 6.04 Å². The number of nitrogens with zero attached hydrogens (tertiary/aromatic N) is 2. The van der Waals surface area contributed by atoms with E-state index in [0.29, 0.717) is 13.0 Å². The van der Waals surface area contributed by atoms with Gasteiger partial charge in [0.2, 0.25) is 0 Å². The van der Waals surface area contributed by atoms with E-state index in [4.69, 9.17) is 5.26 Å². The Labute approximate surface area is 114 Å². The van der Waals surface area contributed by atoms with Crippen LogP contribution in [0.4, 0.5) is 13.2 Å². The van der Waals surface area contributed by atoms with E-state index in [9.17, 15) is 18.0 Å². The average molecular weight is 282 g/mol. The Kier molecular flexibility index (Phi) is 3.71. The van der Waals surface area contributed by atoms with Crippen LogP contribution < -0.4 is 0 Å². The molecule has 0 aromatic heterocycles. The van der Waals surface area contributed by atoms with Gasteiger partial charge in [0.15, 0.2) is 0 Å². The van der Waals surface area contributed by atoms with Crippen LogP contribution in [0.2, 0.25) is 0 Å². The lowest BCUT2D eigenvalue weighted by Crippen LogP contribution is -2.29. The van der Waals surface area contributed by atoms with E-state index in [1.807, 2.05) is 13.0 Å². The maximum absolute atomic E-state index is 13.0. The van der Waals surface area contributed by atoms with E-state index in [1.165, 1.54) is 17.0 Å². The number of alkyl halides is 3. The smallest absolute Gasteiger partial charge is 0.318 e. The molecule has 0 spiro atoms. The molecule has 0 saturated carbocycles. The van der Waals surface area contributed by atoms with Crippen LogP contribution in [0.15, 0.2) is 18.2 Å². The minimum absolute atomic E-state index is 0.156. The molecule has 1 aromatic carbocycles. The highest BCUT2D eigenvalue weighted by atomic mass is 19.4. The molecule has 1 aromatic rings. The molecule has 106 valence electrons. The third-order valence-corrected chi connectivity index (χ3v) is 3.36. The number of unbranched alkanes of at least 4 members (excludes halogenated alkanes) is 1. The molecule has 0 N–H and O–H groups in total. The van der Waals surface area contributed by atoms with Crippen molar-refractivity contribution >= 4 is 5.91 Å². The zero-order valence-corrected chi connectivity index (χ0v) is 10.9. The van der Waals surface area contributed by atoms with Gasteiger partial charge in [0.25, 0.3) is 5.91 Å². The third-order valence-electron chi connectivity index (χ3n) is 3.36. The van der Waals surface area contributed by atoms with Crippen molar-refractivity contribution in [1.82, 2.24) is 4.90 Å².